The van der Waals surface area contributed by atoms with Crippen LogP contribution in [-0.4, -0.2) is 22.2 Å². The van der Waals surface area contributed by atoms with Crippen molar-refractivity contribution in [1.29, 1.82) is 0 Å². The van der Waals surface area contributed by atoms with Gasteiger partial charge in [-0.15, -0.1) is 0 Å². The lowest BCUT2D eigenvalue weighted by Crippen LogP contribution is -2.37. The molecule has 3 rings (SSSR count). The lowest BCUT2D eigenvalue weighted by Gasteiger charge is -2.28. The van der Waals surface area contributed by atoms with Gasteiger partial charge < -0.3 is 15.2 Å². The fraction of sp³-hybridized carbons (Fsp3) is 0.368. The first-order valence-corrected chi connectivity index (χ1v) is 8.33. The second kappa shape index (κ2) is 7.81. The molecule has 5 nitrogen and oxygen atoms in total. The molecule has 1 amide bonds. The van der Waals surface area contributed by atoms with Crippen molar-refractivity contribution in [3.63, 3.8) is 0 Å². The molecule has 1 aromatic carbocycles. The van der Waals surface area contributed by atoms with Crippen molar-refractivity contribution >= 4 is 6.09 Å². The van der Waals surface area contributed by atoms with E-state index in [1.807, 2.05) is 36.4 Å². The van der Waals surface area contributed by atoms with E-state index in [9.17, 15) is 9.90 Å². The zero-order valence-corrected chi connectivity index (χ0v) is 13.5. The largest absolute Gasteiger partial charge is 0.506 e. The summed E-state index contributed by atoms with van der Waals surface area (Å²) in [6.07, 6.45) is 4.90. The smallest absolute Gasteiger partial charge is 0.407 e. The number of ether oxygens (including phenoxy) is 1. The number of carbonyl (C=O) groups is 1. The van der Waals surface area contributed by atoms with E-state index in [0.717, 1.165) is 36.9 Å². The van der Waals surface area contributed by atoms with Gasteiger partial charge in [0.2, 0.25) is 0 Å². The molecule has 0 aliphatic heterocycles. The molecule has 0 bridgehead atoms. The van der Waals surface area contributed by atoms with Crippen LogP contribution < -0.4 is 5.32 Å². The summed E-state index contributed by atoms with van der Waals surface area (Å²) < 4.78 is 5.27. The lowest BCUT2D eigenvalue weighted by molar-refractivity contribution is 0.132. The van der Waals surface area contributed by atoms with Gasteiger partial charge in [-0.25, -0.2) is 4.79 Å². The Kier molecular flexibility index (Phi) is 5.31. The number of benzene rings is 1. The normalized spacial score (nSPS) is 20.3. The SMILES string of the molecule is O=C(N[C@H]1CC[C@H](c2ccc(O)cn2)CC1)OCc1ccccc1. The monoisotopic (exact) mass is 326 g/mol. The van der Waals surface area contributed by atoms with Crippen LogP contribution in [0.1, 0.15) is 42.9 Å². The molecule has 1 saturated carbocycles. The first kappa shape index (κ1) is 16.3. The minimum atomic E-state index is -0.356. The van der Waals surface area contributed by atoms with Crippen molar-refractivity contribution in [2.75, 3.05) is 0 Å². The van der Waals surface area contributed by atoms with E-state index < -0.39 is 0 Å². The highest BCUT2D eigenvalue weighted by molar-refractivity contribution is 5.67. The first-order valence-electron chi connectivity index (χ1n) is 8.33. The number of aromatic hydroxyl groups is 1. The molecule has 0 atom stereocenters. The van der Waals surface area contributed by atoms with Crippen LogP contribution in [0.4, 0.5) is 4.79 Å². The molecule has 0 unspecified atom stereocenters. The van der Waals surface area contributed by atoms with Crippen molar-refractivity contribution < 1.29 is 14.6 Å². The summed E-state index contributed by atoms with van der Waals surface area (Å²) in [5, 5.41) is 12.3. The molecule has 1 aliphatic rings. The van der Waals surface area contributed by atoms with Gasteiger partial charge in [0.15, 0.2) is 0 Å². The van der Waals surface area contributed by atoms with E-state index in [0.29, 0.717) is 12.5 Å². The molecule has 0 spiro atoms. The number of hydrogen-bond donors (Lipinski definition) is 2. The number of carbonyl (C=O) groups excluding carboxylic acids is 1. The van der Waals surface area contributed by atoms with Gasteiger partial charge in [-0.2, -0.15) is 0 Å². The minimum absolute atomic E-state index is 0.154. The van der Waals surface area contributed by atoms with Crippen LogP contribution in [0.25, 0.3) is 0 Å². The number of hydrogen-bond acceptors (Lipinski definition) is 4. The fourth-order valence-corrected chi connectivity index (χ4v) is 3.10. The summed E-state index contributed by atoms with van der Waals surface area (Å²) in [6.45, 7) is 0.291. The predicted molar refractivity (Wildman–Crippen MR) is 90.7 cm³/mol. The molecule has 126 valence electrons. The Bertz CT molecular complexity index is 650. The Hall–Kier alpha value is -2.56. The molecule has 5 heteroatoms. The maximum Gasteiger partial charge on any atom is 0.407 e. The van der Waals surface area contributed by atoms with Gasteiger partial charge >= 0.3 is 6.09 Å². The van der Waals surface area contributed by atoms with Crippen molar-refractivity contribution in [1.82, 2.24) is 10.3 Å². The third kappa shape index (κ3) is 4.47. The van der Waals surface area contributed by atoms with Gasteiger partial charge in [0.1, 0.15) is 12.4 Å². The Morgan fingerprint density at radius 1 is 1.12 bits per heavy atom. The maximum absolute atomic E-state index is 11.9. The van der Waals surface area contributed by atoms with Gasteiger partial charge in [0.05, 0.1) is 6.20 Å². The van der Waals surface area contributed by atoms with Crippen LogP contribution in [0, 0.1) is 0 Å². The quantitative estimate of drug-likeness (QED) is 0.898. The van der Waals surface area contributed by atoms with Crippen LogP contribution in [-0.2, 0) is 11.3 Å². The summed E-state index contributed by atoms with van der Waals surface area (Å²) >= 11 is 0. The fourth-order valence-electron chi connectivity index (χ4n) is 3.10. The molecule has 0 radical (unpaired) electrons. The van der Waals surface area contributed by atoms with E-state index in [4.69, 9.17) is 4.74 Å². The van der Waals surface area contributed by atoms with Gasteiger partial charge in [0.25, 0.3) is 0 Å². The van der Waals surface area contributed by atoms with Crippen molar-refractivity contribution in [3.8, 4) is 5.75 Å². The topological polar surface area (TPSA) is 71.5 Å². The molecule has 1 fully saturated rings. The number of aromatic nitrogens is 1. The minimum Gasteiger partial charge on any atom is -0.506 e. The van der Waals surface area contributed by atoms with Crippen LogP contribution in [0.5, 0.6) is 5.75 Å². The summed E-state index contributed by atoms with van der Waals surface area (Å²) in [5.41, 5.74) is 1.99. The molecule has 1 heterocycles. The number of rotatable bonds is 4. The Balaban J connectivity index is 1.41. The second-order valence-electron chi connectivity index (χ2n) is 6.20. The average Bonchev–Trinajstić information content (AvgIpc) is 2.62. The Morgan fingerprint density at radius 3 is 2.54 bits per heavy atom. The number of pyridine rings is 1. The zero-order chi connectivity index (χ0) is 16.8. The van der Waals surface area contributed by atoms with Crippen LogP contribution in [0.3, 0.4) is 0 Å². The van der Waals surface area contributed by atoms with Crippen LogP contribution in [0.15, 0.2) is 48.7 Å². The number of nitrogens with zero attached hydrogens (tertiary/aromatic N) is 1. The number of amides is 1. The second-order valence-corrected chi connectivity index (χ2v) is 6.20. The molecule has 1 aliphatic carbocycles. The highest BCUT2D eigenvalue weighted by Crippen LogP contribution is 2.32. The van der Waals surface area contributed by atoms with Crippen LogP contribution in [0.2, 0.25) is 0 Å². The third-order valence-electron chi connectivity index (χ3n) is 4.45. The van der Waals surface area contributed by atoms with Gasteiger partial charge in [-0.05, 0) is 43.4 Å². The third-order valence-corrected chi connectivity index (χ3v) is 4.45. The molecule has 1 aromatic heterocycles. The molecule has 2 N–H and O–H groups in total. The molecular formula is C19H22N2O3. The predicted octanol–water partition coefficient (Wildman–Crippen LogP) is 3.74. The summed E-state index contributed by atoms with van der Waals surface area (Å²) in [4.78, 5) is 16.2. The van der Waals surface area contributed by atoms with E-state index >= 15 is 0 Å². The van der Waals surface area contributed by atoms with Crippen molar-refractivity contribution in [3.05, 3.63) is 59.9 Å². The number of alkyl carbamates (subject to hydrolysis) is 1. The standard InChI is InChI=1S/C19H22N2O3/c22-17-10-11-18(20-12-17)15-6-8-16(9-7-15)21-19(23)24-13-14-4-2-1-3-5-14/h1-5,10-12,15-16,22H,6-9,13H2,(H,21,23)/t15-,16-. The first-order chi connectivity index (χ1) is 11.7. The molecule has 0 saturated heterocycles. The zero-order valence-electron chi connectivity index (χ0n) is 13.5. The van der Waals surface area contributed by atoms with Gasteiger partial charge in [0, 0.05) is 17.7 Å². The lowest BCUT2D eigenvalue weighted by atomic mass is 9.84. The van der Waals surface area contributed by atoms with E-state index in [1.54, 1.807) is 6.07 Å². The van der Waals surface area contributed by atoms with E-state index in [1.165, 1.54) is 6.20 Å². The average molecular weight is 326 g/mol. The molecular weight excluding hydrogens is 304 g/mol. The number of nitrogens with one attached hydrogen (secondary N) is 1. The summed E-state index contributed by atoms with van der Waals surface area (Å²) in [7, 11) is 0. The highest BCUT2D eigenvalue weighted by atomic mass is 16.5. The molecule has 2 aromatic rings. The van der Waals surface area contributed by atoms with Gasteiger partial charge in [-0.1, -0.05) is 30.3 Å². The van der Waals surface area contributed by atoms with Gasteiger partial charge in [-0.3, -0.25) is 4.98 Å². The van der Waals surface area contributed by atoms with E-state index in [2.05, 4.69) is 10.3 Å². The van der Waals surface area contributed by atoms with Crippen LogP contribution >= 0.6 is 0 Å². The van der Waals surface area contributed by atoms with Crippen molar-refractivity contribution in [2.45, 2.75) is 44.2 Å². The summed E-state index contributed by atoms with van der Waals surface area (Å²) in [5.74, 6) is 0.583. The Labute approximate surface area is 141 Å². The maximum atomic E-state index is 11.9. The molecule has 24 heavy (non-hydrogen) atoms. The van der Waals surface area contributed by atoms with Crippen molar-refractivity contribution in [2.24, 2.45) is 0 Å². The Morgan fingerprint density at radius 2 is 1.88 bits per heavy atom. The highest BCUT2D eigenvalue weighted by Gasteiger charge is 2.24. The van der Waals surface area contributed by atoms with E-state index in [-0.39, 0.29) is 17.9 Å². The summed E-state index contributed by atoms with van der Waals surface area (Å²) in [6, 6.07) is 13.4.